The first kappa shape index (κ1) is 7.61. The van der Waals surface area contributed by atoms with Crippen LogP contribution in [0.4, 0.5) is 5.69 Å². The van der Waals surface area contributed by atoms with E-state index in [4.69, 9.17) is 0 Å². The molecule has 72 valence electrons. The van der Waals surface area contributed by atoms with Gasteiger partial charge in [0, 0.05) is 12.6 Å². The van der Waals surface area contributed by atoms with Crippen molar-refractivity contribution in [3.05, 3.63) is 18.0 Å². The van der Waals surface area contributed by atoms with E-state index >= 15 is 0 Å². The molecule has 0 aliphatic carbocycles. The largest absolute Gasteiger partial charge is 0.492 e. The highest BCUT2D eigenvalue weighted by Gasteiger charge is 2.14. The Kier molecular flexibility index (Phi) is 1.41. The van der Waals surface area contributed by atoms with Crippen LogP contribution in [-0.2, 0) is 6.42 Å². The van der Waals surface area contributed by atoms with Crippen LogP contribution in [0.25, 0.3) is 5.65 Å². The van der Waals surface area contributed by atoms with Crippen LogP contribution >= 0.6 is 0 Å². The lowest BCUT2D eigenvalue weighted by atomic mass is 10.1. The van der Waals surface area contributed by atoms with Crippen molar-refractivity contribution in [1.29, 1.82) is 0 Å². The summed E-state index contributed by atoms with van der Waals surface area (Å²) in [5.74, 6) is 0.0245. The van der Waals surface area contributed by atoms with Gasteiger partial charge in [-0.1, -0.05) is 0 Å². The van der Waals surface area contributed by atoms with Gasteiger partial charge in [-0.25, -0.2) is 9.50 Å². The Labute approximate surface area is 80.4 Å². The van der Waals surface area contributed by atoms with E-state index in [-0.39, 0.29) is 5.88 Å². The molecule has 0 bridgehead atoms. The summed E-state index contributed by atoms with van der Waals surface area (Å²) in [5.41, 5.74) is 2.82. The van der Waals surface area contributed by atoms with Gasteiger partial charge >= 0.3 is 0 Å². The first-order chi connectivity index (χ1) is 6.84. The van der Waals surface area contributed by atoms with Gasteiger partial charge in [0.2, 0.25) is 5.88 Å². The molecule has 0 atom stereocenters. The molecule has 5 heteroatoms. The molecule has 0 amide bonds. The number of aromatic nitrogens is 3. The zero-order valence-electron chi connectivity index (χ0n) is 7.56. The molecule has 2 aromatic heterocycles. The van der Waals surface area contributed by atoms with Gasteiger partial charge < -0.3 is 10.4 Å². The Morgan fingerprint density at radius 1 is 1.50 bits per heavy atom. The minimum Gasteiger partial charge on any atom is -0.492 e. The maximum atomic E-state index is 9.27. The van der Waals surface area contributed by atoms with Crippen LogP contribution in [0.1, 0.15) is 12.1 Å². The fraction of sp³-hybridized carbons (Fsp3) is 0.333. The van der Waals surface area contributed by atoms with E-state index in [0.717, 1.165) is 30.8 Å². The van der Waals surface area contributed by atoms with Crippen LogP contribution in [0, 0.1) is 0 Å². The van der Waals surface area contributed by atoms with Crippen molar-refractivity contribution in [1.82, 2.24) is 14.6 Å². The molecule has 1 aliphatic rings. The van der Waals surface area contributed by atoms with Gasteiger partial charge in [0.1, 0.15) is 0 Å². The molecule has 0 saturated carbocycles. The SMILES string of the molecule is Oc1cc2ncc3c(n2n1)CCCN3. The van der Waals surface area contributed by atoms with Crippen molar-refractivity contribution < 1.29 is 5.11 Å². The number of fused-ring (bicyclic) bond motifs is 3. The molecule has 0 radical (unpaired) electrons. The van der Waals surface area contributed by atoms with E-state index in [0.29, 0.717) is 5.65 Å². The van der Waals surface area contributed by atoms with E-state index in [2.05, 4.69) is 15.4 Å². The highest BCUT2D eigenvalue weighted by molar-refractivity contribution is 5.54. The fourth-order valence-electron chi connectivity index (χ4n) is 1.84. The van der Waals surface area contributed by atoms with E-state index < -0.39 is 0 Å². The quantitative estimate of drug-likeness (QED) is 0.644. The summed E-state index contributed by atoms with van der Waals surface area (Å²) < 4.78 is 1.71. The molecule has 0 aromatic carbocycles. The molecule has 5 nitrogen and oxygen atoms in total. The minimum atomic E-state index is 0.0245. The Morgan fingerprint density at radius 2 is 2.43 bits per heavy atom. The predicted octanol–water partition coefficient (Wildman–Crippen LogP) is 0.793. The van der Waals surface area contributed by atoms with Crippen LogP contribution in [-0.4, -0.2) is 26.2 Å². The lowest BCUT2D eigenvalue weighted by Crippen LogP contribution is -2.15. The summed E-state index contributed by atoms with van der Waals surface area (Å²) in [6.07, 6.45) is 3.86. The number of hydrogen-bond acceptors (Lipinski definition) is 4. The standard InChI is InChI=1S/C9H10N4O/c14-9-4-8-11-5-6-7(13(8)12-9)2-1-3-10-6/h4-5,10H,1-3H2,(H,12,14). The van der Waals surface area contributed by atoms with Gasteiger partial charge in [-0.15, -0.1) is 5.10 Å². The van der Waals surface area contributed by atoms with Crippen molar-refractivity contribution in [3.8, 4) is 5.88 Å². The second-order valence-corrected chi connectivity index (χ2v) is 3.42. The van der Waals surface area contributed by atoms with Crippen molar-refractivity contribution in [2.24, 2.45) is 0 Å². The van der Waals surface area contributed by atoms with Crippen molar-refractivity contribution in [2.45, 2.75) is 12.8 Å². The Bertz CT molecular complexity index is 491. The van der Waals surface area contributed by atoms with Crippen molar-refractivity contribution >= 4 is 11.3 Å². The molecule has 3 rings (SSSR count). The number of nitrogens with zero attached hydrogens (tertiary/aromatic N) is 3. The van der Waals surface area contributed by atoms with Crippen molar-refractivity contribution in [3.63, 3.8) is 0 Å². The molecule has 0 saturated heterocycles. The summed E-state index contributed by atoms with van der Waals surface area (Å²) in [4.78, 5) is 4.19. The van der Waals surface area contributed by atoms with Crippen LogP contribution in [0.3, 0.4) is 0 Å². The van der Waals surface area contributed by atoms with Gasteiger partial charge in [0.15, 0.2) is 5.65 Å². The first-order valence-electron chi connectivity index (χ1n) is 4.65. The highest BCUT2D eigenvalue weighted by atomic mass is 16.3. The first-order valence-corrected chi connectivity index (χ1v) is 4.65. The lowest BCUT2D eigenvalue weighted by Gasteiger charge is -2.17. The van der Waals surface area contributed by atoms with Crippen molar-refractivity contribution in [2.75, 3.05) is 11.9 Å². The summed E-state index contributed by atoms with van der Waals surface area (Å²) in [7, 11) is 0. The maximum Gasteiger partial charge on any atom is 0.233 e. The average molecular weight is 190 g/mol. The molecule has 3 heterocycles. The van der Waals surface area contributed by atoms with E-state index in [9.17, 15) is 5.11 Å². The summed E-state index contributed by atoms with van der Waals surface area (Å²) in [6.45, 7) is 0.980. The van der Waals surface area contributed by atoms with Crippen LogP contribution in [0.2, 0.25) is 0 Å². The molecule has 2 N–H and O–H groups in total. The summed E-state index contributed by atoms with van der Waals surface area (Å²) in [6, 6.07) is 1.56. The van der Waals surface area contributed by atoms with Crippen LogP contribution in [0.5, 0.6) is 5.88 Å². The summed E-state index contributed by atoms with van der Waals surface area (Å²) in [5, 5.41) is 16.5. The summed E-state index contributed by atoms with van der Waals surface area (Å²) >= 11 is 0. The molecule has 14 heavy (non-hydrogen) atoms. The second kappa shape index (κ2) is 2.60. The minimum absolute atomic E-state index is 0.0245. The number of rotatable bonds is 0. The molecule has 0 unspecified atom stereocenters. The van der Waals surface area contributed by atoms with Gasteiger partial charge in [0.05, 0.1) is 17.6 Å². The number of hydrogen-bond donors (Lipinski definition) is 2. The van der Waals surface area contributed by atoms with Crippen LogP contribution in [0.15, 0.2) is 12.3 Å². The van der Waals surface area contributed by atoms with Gasteiger partial charge in [-0.05, 0) is 12.8 Å². The number of aromatic hydroxyl groups is 1. The van der Waals surface area contributed by atoms with Gasteiger partial charge in [0.25, 0.3) is 0 Å². The molecule has 1 aliphatic heterocycles. The topological polar surface area (TPSA) is 62.5 Å². The Morgan fingerprint density at radius 3 is 3.36 bits per heavy atom. The van der Waals surface area contributed by atoms with Gasteiger partial charge in [-0.3, -0.25) is 0 Å². The molecule has 2 aromatic rings. The van der Waals surface area contributed by atoms with Gasteiger partial charge in [-0.2, -0.15) is 0 Å². The Balaban J connectivity index is 2.33. The zero-order valence-corrected chi connectivity index (χ0v) is 7.56. The van der Waals surface area contributed by atoms with Crippen LogP contribution < -0.4 is 5.32 Å². The average Bonchev–Trinajstić information content (AvgIpc) is 2.59. The molecule has 0 fully saturated rings. The number of aryl methyl sites for hydroxylation is 1. The zero-order chi connectivity index (χ0) is 9.54. The third-order valence-corrected chi connectivity index (χ3v) is 2.48. The molecule has 0 spiro atoms. The van der Waals surface area contributed by atoms with E-state index in [1.807, 2.05) is 0 Å². The second-order valence-electron chi connectivity index (χ2n) is 3.42. The predicted molar refractivity (Wildman–Crippen MR) is 51.5 cm³/mol. The lowest BCUT2D eigenvalue weighted by molar-refractivity contribution is 0.448. The van der Waals surface area contributed by atoms with E-state index in [1.165, 1.54) is 0 Å². The monoisotopic (exact) mass is 190 g/mol. The molecular weight excluding hydrogens is 180 g/mol. The third kappa shape index (κ3) is 0.951. The van der Waals surface area contributed by atoms with E-state index in [1.54, 1.807) is 16.8 Å². The Hall–Kier alpha value is -1.78. The third-order valence-electron chi connectivity index (χ3n) is 2.48. The number of nitrogens with one attached hydrogen (secondary N) is 1. The fourth-order valence-corrected chi connectivity index (χ4v) is 1.84. The number of anilines is 1. The smallest absolute Gasteiger partial charge is 0.233 e. The highest BCUT2D eigenvalue weighted by Crippen LogP contribution is 2.22. The molecular formula is C9H10N4O. The normalized spacial score (nSPS) is 15.1. The maximum absolute atomic E-state index is 9.27.